The maximum atomic E-state index is 12.0. The average molecular weight is 235 g/mol. The van der Waals surface area contributed by atoms with Crippen LogP contribution < -0.4 is 51.4 Å². The summed E-state index contributed by atoms with van der Waals surface area (Å²) in [5.74, 6) is -0.0492. The Morgan fingerprint density at radius 3 is 2.43 bits per heavy atom. The number of aliphatic hydroxyl groups excluding tert-OH is 1. The Morgan fingerprint density at radius 2 is 2.00 bits per heavy atom. The molecule has 0 aromatic carbocycles. The summed E-state index contributed by atoms with van der Waals surface area (Å²) in [4.78, 5) is 1.37. The molecule has 0 aromatic rings. The number of aliphatic hydroxyl groups is 1. The molecule has 1 N–H and O–H groups in total. The van der Waals surface area contributed by atoms with E-state index in [1.54, 1.807) is 6.92 Å². The number of halogens is 3. The van der Waals surface area contributed by atoms with Crippen LogP contribution in [0.5, 0.6) is 0 Å². The van der Waals surface area contributed by atoms with Crippen molar-refractivity contribution in [3.8, 4) is 0 Å². The summed E-state index contributed by atoms with van der Waals surface area (Å²) in [5.41, 5.74) is 0. The summed E-state index contributed by atoms with van der Waals surface area (Å²) in [6.45, 7) is -2.24. The molecule has 1 fully saturated rings. The number of hydrogen-bond donors (Lipinski definition) is 1. The molecule has 1 aliphatic heterocycles. The van der Waals surface area contributed by atoms with Gasteiger partial charge in [0.2, 0.25) is 0 Å². The van der Waals surface area contributed by atoms with Crippen molar-refractivity contribution in [3.05, 3.63) is 0 Å². The number of likely N-dealkylation sites (tertiary alicyclic amines) is 1. The third kappa shape index (κ3) is 5.48. The van der Waals surface area contributed by atoms with Gasteiger partial charge in [-0.25, -0.2) is 0 Å². The van der Waals surface area contributed by atoms with Gasteiger partial charge in [-0.05, 0) is 31.9 Å². The molecule has 0 bridgehead atoms. The summed E-state index contributed by atoms with van der Waals surface area (Å²) in [7, 11) is 0. The van der Waals surface area contributed by atoms with Gasteiger partial charge in [0.15, 0.2) is 0 Å². The van der Waals surface area contributed by atoms with Gasteiger partial charge in [0.25, 0.3) is 0 Å². The van der Waals surface area contributed by atoms with Gasteiger partial charge < -0.3 is 23.0 Å². The molecule has 0 spiro atoms. The van der Waals surface area contributed by atoms with Crippen LogP contribution in [-0.2, 0) is 0 Å². The van der Waals surface area contributed by atoms with Crippen molar-refractivity contribution in [2.75, 3.05) is 19.5 Å². The standard InChI is InChI=1S/C7H14BF3NO.K/c1-6-4-12(3-2-7(6)13)5-8(9,10)11;/h6-7,13H,2-5H2,1H3;/q-1;+1. The second kappa shape index (κ2) is 6.22. The molecule has 2 nitrogen and oxygen atoms in total. The molecular weight excluding hydrogens is 221 g/mol. The number of nitrogens with zero attached hydrogens (tertiary/aromatic N) is 1. The first-order chi connectivity index (χ1) is 5.88. The Kier molecular flexibility index (Phi) is 6.85. The average Bonchev–Trinajstić information content (AvgIpc) is 1.94. The van der Waals surface area contributed by atoms with E-state index in [0.717, 1.165) is 0 Å². The quantitative estimate of drug-likeness (QED) is 0.564. The van der Waals surface area contributed by atoms with E-state index in [0.29, 0.717) is 19.5 Å². The van der Waals surface area contributed by atoms with E-state index in [-0.39, 0.29) is 57.3 Å². The summed E-state index contributed by atoms with van der Waals surface area (Å²) >= 11 is 0. The van der Waals surface area contributed by atoms with Gasteiger partial charge in [-0.1, -0.05) is 6.92 Å². The molecule has 7 heteroatoms. The van der Waals surface area contributed by atoms with E-state index in [1.165, 1.54) is 4.90 Å². The maximum Gasteiger partial charge on any atom is 1.00 e. The Balaban J connectivity index is 0.00000169. The molecule has 1 saturated heterocycles. The summed E-state index contributed by atoms with van der Waals surface area (Å²) < 4.78 is 36.1. The Bertz CT molecular complexity index is 181. The monoisotopic (exact) mass is 235 g/mol. The number of piperidine rings is 1. The zero-order chi connectivity index (χ0) is 10.1. The topological polar surface area (TPSA) is 23.5 Å². The minimum absolute atomic E-state index is 0. The predicted molar refractivity (Wildman–Crippen MR) is 45.3 cm³/mol. The van der Waals surface area contributed by atoms with E-state index in [9.17, 15) is 18.1 Å². The smallest absolute Gasteiger partial charge is 0.448 e. The van der Waals surface area contributed by atoms with E-state index in [1.807, 2.05) is 0 Å². The molecule has 2 atom stereocenters. The van der Waals surface area contributed by atoms with Crippen molar-refractivity contribution in [2.24, 2.45) is 5.92 Å². The van der Waals surface area contributed by atoms with Crippen LogP contribution in [0.1, 0.15) is 13.3 Å². The zero-order valence-electron chi connectivity index (χ0n) is 8.59. The van der Waals surface area contributed by atoms with Crippen LogP contribution in [0.25, 0.3) is 0 Å². The molecule has 0 saturated carbocycles. The minimum atomic E-state index is -4.72. The third-order valence-corrected chi connectivity index (χ3v) is 2.41. The van der Waals surface area contributed by atoms with Crippen molar-refractivity contribution in [1.29, 1.82) is 0 Å². The maximum absolute atomic E-state index is 12.0. The zero-order valence-corrected chi connectivity index (χ0v) is 11.7. The molecule has 1 aliphatic rings. The Morgan fingerprint density at radius 1 is 1.43 bits per heavy atom. The van der Waals surface area contributed by atoms with Gasteiger partial charge in [0.05, 0.1) is 6.10 Å². The van der Waals surface area contributed by atoms with Crippen LogP contribution in [0.15, 0.2) is 0 Å². The summed E-state index contributed by atoms with van der Waals surface area (Å²) in [5, 5.41) is 9.29. The van der Waals surface area contributed by atoms with Crippen molar-refractivity contribution in [3.63, 3.8) is 0 Å². The SMILES string of the molecule is CC1CN(C[B-](F)(F)F)CCC1O.[K+]. The van der Waals surface area contributed by atoms with Crippen LogP contribution in [0, 0.1) is 5.92 Å². The van der Waals surface area contributed by atoms with Gasteiger partial charge in [-0.2, -0.15) is 0 Å². The van der Waals surface area contributed by atoms with Crippen LogP contribution >= 0.6 is 0 Å². The van der Waals surface area contributed by atoms with Crippen molar-refractivity contribution in [1.82, 2.24) is 4.90 Å². The number of rotatable bonds is 2. The molecule has 2 unspecified atom stereocenters. The fraction of sp³-hybridized carbons (Fsp3) is 1.00. The van der Waals surface area contributed by atoms with Crippen LogP contribution in [0.2, 0.25) is 0 Å². The number of hydrogen-bond acceptors (Lipinski definition) is 2. The van der Waals surface area contributed by atoms with Crippen molar-refractivity contribution >= 4 is 6.98 Å². The van der Waals surface area contributed by atoms with E-state index in [4.69, 9.17) is 0 Å². The fourth-order valence-corrected chi connectivity index (χ4v) is 1.68. The van der Waals surface area contributed by atoms with Gasteiger partial charge in [-0.3, -0.25) is 0 Å². The molecule has 0 aliphatic carbocycles. The van der Waals surface area contributed by atoms with Crippen LogP contribution in [0.4, 0.5) is 12.9 Å². The van der Waals surface area contributed by atoms with E-state index >= 15 is 0 Å². The van der Waals surface area contributed by atoms with Gasteiger partial charge in [0.1, 0.15) is 0 Å². The normalized spacial score (nSPS) is 29.8. The summed E-state index contributed by atoms with van der Waals surface area (Å²) in [6.07, 6.45) is -0.776. The predicted octanol–water partition coefficient (Wildman–Crippen LogP) is -1.92. The molecule has 0 amide bonds. The van der Waals surface area contributed by atoms with E-state index < -0.39 is 19.5 Å². The molecule has 0 aromatic heterocycles. The molecule has 14 heavy (non-hydrogen) atoms. The van der Waals surface area contributed by atoms with Crippen LogP contribution in [-0.4, -0.2) is 42.6 Å². The second-order valence-corrected chi connectivity index (χ2v) is 3.80. The molecule has 0 radical (unpaired) electrons. The molecule has 1 heterocycles. The first-order valence-corrected chi connectivity index (χ1v) is 4.50. The van der Waals surface area contributed by atoms with E-state index in [2.05, 4.69) is 0 Å². The molecular formula is C7H14BF3KNO. The minimum Gasteiger partial charge on any atom is -0.448 e. The third-order valence-electron chi connectivity index (χ3n) is 2.41. The fourth-order valence-electron chi connectivity index (χ4n) is 1.68. The van der Waals surface area contributed by atoms with Gasteiger partial charge >= 0.3 is 58.4 Å². The second-order valence-electron chi connectivity index (χ2n) is 3.80. The van der Waals surface area contributed by atoms with Crippen LogP contribution in [0.3, 0.4) is 0 Å². The molecule has 78 valence electrons. The summed E-state index contributed by atoms with van der Waals surface area (Å²) in [6, 6.07) is 0. The Hall–Kier alpha value is 1.41. The van der Waals surface area contributed by atoms with Gasteiger partial charge in [0, 0.05) is 0 Å². The Labute approximate surface area is 125 Å². The van der Waals surface area contributed by atoms with Crippen molar-refractivity contribution in [2.45, 2.75) is 19.4 Å². The van der Waals surface area contributed by atoms with Crippen molar-refractivity contribution < 1.29 is 69.4 Å². The van der Waals surface area contributed by atoms with Gasteiger partial charge in [-0.15, -0.1) is 0 Å². The first-order valence-electron chi connectivity index (χ1n) is 4.50. The molecule has 1 rings (SSSR count). The largest absolute Gasteiger partial charge is 1.00 e. The first kappa shape index (κ1) is 15.4.